The molecule has 8 heteroatoms. The largest absolute Gasteiger partial charge is 0.481 e. The number of aliphatic carboxylic acids is 1. The molecule has 0 saturated heterocycles. The summed E-state index contributed by atoms with van der Waals surface area (Å²) in [6, 6.07) is 13.6. The van der Waals surface area contributed by atoms with Gasteiger partial charge >= 0.3 is 5.97 Å². The Hall–Kier alpha value is -3.13. The summed E-state index contributed by atoms with van der Waals surface area (Å²) in [6.07, 6.45) is -0.328. The Bertz CT molecular complexity index is 880. The summed E-state index contributed by atoms with van der Waals surface area (Å²) in [7, 11) is 0. The number of ketones is 1. The molecule has 2 aromatic carbocycles. The van der Waals surface area contributed by atoms with E-state index >= 15 is 0 Å². The summed E-state index contributed by atoms with van der Waals surface area (Å²) in [4.78, 5) is 46.3. The number of hydrogen-bond acceptors (Lipinski definition) is 5. The van der Waals surface area contributed by atoms with Crippen molar-refractivity contribution in [3.63, 3.8) is 0 Å². The Kier molecular flexibility index (Phi) is 7.76. The molecule has 0 fully saturated rings. The zero-order valence-corrected chi connectivity index (χ0v) is 16.0. The summed E-state index contributed by atoms with van der Waals surface area (Å²) < 4.78 is 0. The first-order valence-electron chi connectivity index (χ1n) is 8.49. The quantitative estimate of drug-likeness (QED) is 0.439. The minimum absolute atomic E-state index is 0.0386. The molecule has 146 valence electrons. The molecule has 0 heterocycles. The third kappa shape index (κ3) is 7.24. The number of carbonyl (C=O) groups excluding carboxylic acids is 3. The van der Waals surface area contributed by atoms with Crippen molar-refractivity contribution in [3.05, 3.63) is 54.1 Å². The first kappa shape index (κ1) is 21.2. The second kappa shape index (κ2) is 10.3. The highest BCUT2D eigenvalue weighted by Gasteiger charge is 2.08. The van der Waals surface area contributed by atoms with Crippen molar-refractivity contribution in [2.75, 3.05) is 16.4 Å². The van der Waals surface area contributed by atoms with Crippen molar-refractivity contribution in [1.82, 2.24) is 0 Å². The van der Waals surface area contributed by atoms with Gasteiger partial charge < -0.3 is 15.7 Å². The highest BCUT2D eigenvalue weighted by atomic mass is 32.2. The fourth-order valence-electron chi connectivity index (χ4n) is 2.24. The van der Waals surface area contributed by atoms with Crippen molar-refractivity contribution in [2.45, 2.75) is 24.7 Å². The molecular formula is C20H20N2O5S. The van der Waals surface area contributed by atoms with Crippen LogP contribution in [-0.2, 0) is 14.4 Å². The maximum atomic E-state index is 12.1. The molecular weight excluding hydrogens is 380 g/mol. The molecule has 0 atom stereocenters. The summed E-state index contributed by atoms with van der Waals surface area (Å²) in [5.74, 6) is -1.47. The van der Waals surface area contributed by atoms with Crippen LogP contribution < -0.4 is 10.6 Å². The molecule has 2 aromatic rings. The van der Waals surface area contributed by atoms with Crippen molar-refractivity contribution in [3.8, 4) is 0 Å². The highest BCUT2D eigenvalue weighted by molar-refractivity contribution is 8.00. The Morgan fingerprint density at radius 3 is 2.21 bits per heavy atom. The number of Topliss-reactive ketones (excluding diaryl/α,β-unsaturated/α-hetero) is 1. The highest BCUT2D eigenvalue weighted by Crippen LogP contribution is 2.22. The number of carbonyl (C=O) groups is 4. The van der Waals surface area contributed by atoms with Gasteiger partial charge in [-0.1, -0.05) is 6.07 Å². The summed E-state index contributed by atoms with van der Waals surface area (Å²) in [6.45, 7) is 1.48. The van der Waals surface area contributed by atoms with Crippen molar-refractivity contribution in [2.24, 2.45) is 0 Å². The van der Waals surface area contributed by atoms with Crippen molar-refractivity contribution in [1.29, 1.82) is 0 Å². The van der Waals surface area contributed by atoms with E-state index in [1.165, 1.54) is 18.7 Å². The standard InChI is InChI=1S/C20H20N2O5S/c1-13(23)14-5-7-15(8-6-14)21-19(25)12-28-17-4-2-3-16(11-17)22-18(24)9-10-20(26)27/h2-8,11H,9-10,12H2,1H3,(H,21,25)(H,22,24)(H,26,27). The van der Waals surface area contributed by atoms with Crippen LogP contribution in [0.5, 0.6) is 0 Å². The van der Waals surface area contributed by atoms with E-state index in [2.05, 4.69) is 10.6 Å². The molecule has 0 saturated carbocycles. The smallest absolute Gasteiger partial charge is 0.303 e. The zero-order chi connectivity index (χ0) is 20.5. The zero-order valence-electron chi connectivity index (χ0n) is 15.2. The topological polar surface area (TPSA) is 113 Å². The van der Waals surface area contributed by atoms with Gasteiger partial charge in [0, 0.05) is 28.3 Å². The molecule has 0 aromatic heterocycles. The third-order valence-electron chi connectivity index (χ3n) is 3.63. The number of amides is 2. The predicted molar refractivity (Wildman–Crippen MR) is 108 cm³/mol. The van der Waals surface area contributed by atoms with Gasteiger partial charge in [0.05, 0.1) is 12.2 Å². The van der Waals surface area contributed by atoms with E-state index in [-0.39, 0.29) is 36.2 Å². The van der Waals surface area contributed by atoms with Gasteiger partial charge in [0.2, 0.25) is 11.8 Å². The van der Waals surface area contributed by atoms with Crippen LogP contribution in [0.25, 0.3) is 0 Å². The second-order valence-corrected chi connectivity index (χ2v) is 6.99. The number of rotatable bonds is 9. The summed E-state index contributed by atoms with van der Waals surface area (Å²) >= 11 is 1.30. The number of anilines is 2. The van der Waals surface area contributed by atoms with Crippen LogP contribution >= 0.6 is 11.8 Å². The fourth-order valence-corrected chi connectivity index (χ4v) is 3.00. The molecule has 0 aliphatic rings. The van der Waals surface area contributed by atoms with Gasteiger partial charge in [-0.25, -0.2) is 0 Å². The van der Waals surface area contributed by atoms with Gasteiger partial charge in [0.15, 0.2) is 5.78 Å². The van der Waals surface area contributed by atoms with Crippen molar-refractivity contribution >= 4 is 46.7 Å². The minimum Gasteiger partial charge on any atom is -0.481 e. The third-order valence-corrected chi connectivity index (χ3v) is 4.62. The number of benzene rings is 2. The van der Waals surface area contributed by atoms with E-state index in [1.54, 1.807) is 42.5 Å². The molecule has 7 nitrogen and oxygen atoms in total. The molecule has 0 radical (unpaired) electrons. The lowest BCUT2D eigenvalue weighted by Gasteiger charge is -2.08. The minimum atomic E-state index is -1.03. The first-order valence-corrected chi connectivity index (χ1v) is 9.47. The molecule has 3 N–H and O–H groups in total. The predicted octanol–water partition coefficient (Wildman–Crippen LogP) is 3.42. The molecule has 2 rings (SSSR count). The average molecular weight is 400 g/mol. The second-order valence-electron chi connectivity index (χ2n) is 5.94. The summed E-state index contributed by atoms with van der Waals surface area (Å²) in [5.41, 5.74) is 1.73. The first-order chi connectivity index (χ1) is 13.3. The van der Waals surface area contributed by atoms with E-state index in [1.807, 2.05) is 6.07 Å². The SMILES string of the molecule is CC(=O)c1ccc(NC(=O)CSc2cccc(NC(=O)CCC(=O)O)c2)cc1. The number of carboxylic acids is 1. The molecule has 0 spiro atoms. The lowest BCUT2D eigenvalue weighted by Crippen LogP contribution is -2.14. The van der Waals surface area contributed by atoms with E-state index < -0.39 is 5.97 Å². The van der Waals surface area contributed by atoms with Gasteiger partial charge in [-0.3, -0.25) is 19.2 Å². The van der Waals surface area contributed by atoms with E-state index in [4.69, 9.17) is 5.11 Å². The fraction of sp³-hybridized carbons (Fsp3) is 0.200. The van der Waals surface area contributed by atoms with E-state index in [0.29, 0.717) is 16.9 Å². The number of hydrogen-bond donors (Lipinski definition) is 3. The number of carboxylic acid groups (broad SMARTS) is 1. The maximum absolute atomic E-state index is 12.1. The van der Waals surface area contributed by atoms with Crippen molar-refractivity contribution < 1.29 is 24.3 Å². The lowest BCUT2D eigenvalue weighted by molar-refractivity contribution is -0.138. The van der Waals surface area contributed by atoms with Crippen LogP contribution in [0.1, 0.15) is 30.1 Å². The Morgan fingerprint density at radius 2 is 1.57 bits per heavy atom. The van der Waals surface area contributed by atoms with Crippen LogP contribution in [0, 0.1) is 0 Å². The number of thioether (sulfide) groups is 1. The molecule has 0 bridgehead atoms. The Labute approximate surface area is 166 Å². The molecule has 2 amide bonds. The Balaban J connectivity index is 1.84. The van der Waals surface area contributed by atoms with Crippen LogP contribution in [-0.4, -0.2) is 34.4 Å². The van der Waals surface area contributed by atoms with E-state index in [9.17, 15) is 19.2 Å². The van der Waals surface area contributed by atoms with Crippen LogP contribution in [0.15, 0.2) is 53.4 Å². The lowest BCUT2D eigenvalue weighted by atomic mass is 10.1. The normalized spacial score (nSPS) is 10.2. The monoisotopic (exact) mass is 400 g/mol. The van der Waals surface area contributed by atoms with Gasteiger partial charge in [-0.05, 0) is 49.4 Å². The van der Waals surface area contributed by atoms with E-state index in [0.717, 1.165) is 4.90 Å². The van der Waals surface area contributed by atoms with Gasteiger partial charge in [0.25, 0.3) is 0 Å². The Morgan fingerprint density at radius 1 is 0.893 bits per heavy atom. The van der Waals surface area contributed by atoms with Crippen LogP contribution in [0.2, 0.25) is 0 Å². The molecule has 0 unspecified atom stereocenters. The molecule has 0 aliphatic heterocycles. The van der Waals surface area contributed by atoms with Crippen LogP contribution in [0.4, 0.5) is 11.4 Å². The molecule has 28 heavy (non-hydrogen) atoms. The number of nitrogens with one attached hydrogen (secondary N) is 2. The van der Waals surface area contributed by atoms with Crippen LogP contribution in [0.3, 0.4) is 0 Å². The molecule has 0 aliphatic carbocycles. The average Bonchev–Trinajstić information content (AvgIpc) is 2.65. The van der Waals surface area contributed by atoms with Gasteiger partial charge in [-0.15, -0.1) is 11.8 Å². The van der Waals surface area contributed by atoms with Gasteiger partial charge in [-0.2, -0.15) is 0 Å². The maximum Gasteiger partial charge on any atom is 0.303 e. The van der Waals surface area contributed by atoms with Gasteiger partial charge in [0.1, 0.15) is 0 Å². The summed E-state index contributed by atoms with van der Waals surface area (Å²) in [5, 5.41) is 14.0.